The van der Waals surface area contributed by atoms with Crippen molar-refractivity contribution in [2.75, 3.05) is 19.6 Å². The first-order valence-corrected chi connectivity index (χ1v) is 5.79. The smallest absolute Gasteiger partial charge is 0.248 e. The maximum Gasteiger partial charge on any atom is 0.248 e. The fourth-order valence-corrected chi connectivity index (χ4v) is 2.25. The molecule has 0 spiro atoms. The number of likely N-dealkylation sites (N-methyl/N-ethyl adjacent to an activating group) is 1. The molecule has 1 amide bonds. The van der Waals surface area contributed by atoms with Crippen LogP contribution in [0.5, 0.6) is 0 Å². The third-order valence-corrected chi connectivity index (χ3v) is 3.13. The van der Waals surface area contributed by atoms with Crippen LogP contribution < -0.4 is 10.6 Å². The Bertz CT molecular complexity index is 341. The monoisotopic (exact) mass is 222 g/mol. The molecule has 1 aromatic rings. The summed E-state index contributed by atoms with van der Waals surface area (Å²) in [5.74, 6) is 0.0835. The van der Waals surface area contributed by atoms with Gasteiger partial charge < -0.3 is 10.6 Å². The molecule has 88 valence electrons. The van der Waals surface area contributed by atoms with Crippen molar-refractivity contribution >= 4 is 5.91 Å². The second kappa shape index (κ2) is 4.65. The van der Waals surface area contributed by atoms with E-state index in [1.54, 1.807) is 10.9 Å². The van der Waals surface area contributed by atoms with Gasteiger partial charge in [-0.2, -0.15) is 5.10 Å². The first-order chi connectivity index (χ1) is 7.79. The summed E-state index contributed by atoms with van der Waals surface area (Å²) in [6.45, 7) is 4.32. The van der Waals surface area contributed by atoms with Gasteiger partial charge in [-0.05, 0) is 38.9 Å². The average Bonchev–Trinajstić information content (AvgIpc) is 2.84. The summed E-state index contributed by atoms with van der Waals surface area (Å²) in [6.07, 6.45) is 5.19. The molecule has 1 aliphatic rings. The van der Waals surface area contributed by atoms with Crippen LogP contribution in [0.2, 0.25) is 0 Å². The van der Waals surface area contributed by atoms with Gasteiger partial charge in [0.05, 0.1) is 0 Å². The van der Waals surface area contributed by atoms with Crippen molar-refractivity contribution in [2.45, 2.75) is 25.3 Å². The predicted octanol–water partition coefficient (Wildman–Crippen LogP) is 0.0979. The van der Waals surface area contributed by atoms with Crippen LogP contribution in [0.1, 0.15) is 19.8 Å². The van der Waals surface area contributed by atoms with E-state index < -0.39 is 5.54 Å². The Kier molecular flexibility index (Phi) is 3.24. The molecule has 5 nitrogen and oxygen atoms in total. The summed E-state index contributed by atoms with van der Waals surface area (Å²) in [6, 6.07) is 1.86. The number of carbonyl (C=O) groups excluding carboxylic acids is 1. The van der Waals surface area contributed by atoms with Crippen molar-refractivity contribution in [1.29, 1.82) is 0 Å². The fourth-order valence-electron chi connectivity index (χ4n) is 2.25. The van der Waals surface area contributed by atoms with Crippen LogP contribution in [0.3, 0.4) is 0 Å². The third kappa shape index (κ3) is 1.82. The zero-order chi connectivity index (χ0) is 11.4. The Hall–Kier alpha value is -1.36. The van der Waals surface area contributed by atoms with Crippen LogP contribution in [-0.2, 0) is 10.3 Å². The minimum Gasteiger partial charge on any atom is -0.354 e. The normalized spacial score (nSPS) is 19.3. The molecular weight excluding hydrogens is 204 g/mol. The van der Waals surface area contributed by atoms with Crippen molar-refractivity contribution < 1.29 is 4.79 Å². The SMILES string of the molecule is CCNC(=O)C1(n2cccn2)CCNCC1. The Morgan fingerprint density at radius 2 is 2.31 bits per heavy atom. The summed E-state index contributed by atoms with van der Waals surface area (Å²) < 4.78 is 1.80. The number of nitrogens with zero attached hydrogens (tertiary/aromatic N) is 2. The van der Waals surface area contributed by atoms with Gasteiger partial charge in [0, 0.05) is 18.9 Å². The quantitative estimate of drug-likeness (QED) is 0.762. The summed E-state index contributed by atoms with van der Waals surface area (Å²) >= 11 is 0. The molecule has 2 heterocycles. The molecule has 0 aromatic carbocycles. The molecule has 0 saturated carbocycles. The maximum atomic E-state index is 12.2. The van der Waals surface area contributed by atoms with E-state index in [9.17, 15) is 4.79 Å². The Morgan fingerprint density at radius 3 is 2.88 bits per heavy atom. The molecule has 0 unspecified atom stereocenters. The molecular formula is C11H18N4O. The van der Waals surface area contributed by atoms with E-state index in [-0.39, 0.29) is 5.91 Å². The minimum atomic E-state index is -0.495. The lowest BCUT2D eigenvalue weighted by atomic mass is 9.87. The lowest BCUT2D eigenvalue weighted by Gasteiger charge is -2.36. The van der Waals surface area contributed by atoms with E-state index >= 15 is 0 Å². The number of rotatable bonds is 3. The first kappa shape index (κ1) is 11.1. The Balaban J connectivity index is 2.28. The molecule has 1 fully saturated rings. The van der Waals surface area contributed by atoms with Gasteiger partial charge in [-0.15, -0.1) is 0 Å². The topological polar surface area (TPSA) is 59.0 Å². The van der Waals surface area contributed by atoms with Crippen molar-refractivity contribution in [3.63, 3.8) is 0 Å². The number of carbonyl (C=O) groups is 1. The number of hydrogen-bond acceptors (Lipinski definition) is 3. The number of aromatic nitrogens is 2. The van der Waals surface area contributed by atoms with Crippen molar-refractivity contribution in [2.24, 2.45) is 0 Å². The maximum absolute atomic E-state index is 12.2. The van der Waals surface area contributed by atoms with Crippen LogP contribution >= 0.6 is 0 Å². The molecule has 5 heteroatoms. The summed E-state index contributed by atoms with van der Waals surface area (Å²) in [5, 5.41) is 10.4. The fraction of sp³-hybridized carbons (Fsp3) is 0.636. The van der Waals surface area contributed by atoms with Gasteiger partial charge in [-0.1, -0.05) is 0 Å². The van der Waals surface area contributed by atoms with E-state index in [2.05, 4.69) is 15.7 Å². The van der Waals surface area contributed by atoms with Crippen molar-refractivity contribution in [1.82, 2.24) is 20.4 Å². The highest BCUT2D eigenvalue weighted by Crippen LogP contribution is 2.26. The number of nitrogens with one attached hydrogen (secondary N) is 2. The second-order valence-electron chi connectivity index (χ2n) is 4.09. The van der Waals surface area contributed by atoms with Crippen molar-refractivity contribution in [3.05, 3.63) is 18.5 Å². The molecule has 0 radical (unpaired) electrons. The zero-order valence-corrected chi connectivity index (χ0v) is 9.57. The molecule has 0 bridgehead atoms. The Morgan fingerprint density at radius 1 is 1.56 bits per heavy atom. The lowest BCUT2D eigenvalue weighted by Crippen LogP contribution is -2.54. The van der Waals surface area contributed by atoms with Crippen LogP contribution in [0, 0.1) is 0 Å². The van der Waals surface area contributed by atoms with Crippen molar-refractivity contribution in [3.8, 4) is 0 Å². The van der Waals surface area contributed by atoms with Gasteiger partial charge in [0.1, 0.15) is 5.54 Å². The molecule has 1 aromatic heterocycles. The molecule has 1 saturated heterocycles. The molecule has 1 aliphatic heterocycles. The first-order valence-electron chi connectivity index (χ1n) is 5.79. The lowest BCUT2D eigenvalue weighted by molar-refractivity contribution is -0.131. The van der Waals surface area contributed by atoms with Crippen LogP contribution in [0.4, 0.5) is 0 Å². The highest BCUT2D eigenvalue weighted by Gasteiger charge is 2.41. The molecule has 16 heavy (non-hydrogen) atoms. The summed E-state index contributed by atoms with van der Waals surface area (Å²) in [5.41, 5.74) is -0.495. The van der Waals surface area contributed by atoms with Gasteiger partial charge in [0.15, 0.2) is 0 Å². The van der Waals surface area contributed by atoms with Gasteiger partial charge in [-0.3, -0.25) is 9.48 Å². The summed E-state index contributed by atoms with van der Waals surface area (Å²) in [7, 11) is 0. The predicted molar refractivity (Wildman–Crippen MR) is 61.0 cm³/mol. The van der Waals surface area contributed by atoms with E-state index in [4.69, 9.17) is 0 Å². The highest BCUT2D eigenvalue weighted by atomic mass is 16.2. The molecule has 2 rings (SSSR count). The highest BCUT2D eigenvalue weighted by molar-refractivity contribution is 5.84. The van der Waals surface area contributed by atoms with Gasteiger partial charge in [0.2, 0.25) is 5.91 Å². The van der Waals surface area contributed by atoms with Crippen LogP contribution in [0.15, 0.2) is 18.5 Å². The molecule has 2 N–H and O–H groups in total. The minimum absolute atomic E-state index is 0.0835. The second-order valence-corrected chi connectivity index (χ2v) is 4.09. The molecule has 0 atom stereocenters. The van der Waals surface area contributed by atoms with E-state index in [1.807, 2.05) is 19.2 Å². The van der Waals surface area contributed by atoms with E-state index in [0.717, 1.165) is 25.9 Å². The third-order valence-electron chi connectivity index (χ3n) is 3.13. The van der Waals surface area contributed by atoms with Crippen LogP contribution in [0.25, 0.3) is 0 Å². The van der Waals surface area contributed by atoms with E-state index in [1.165, 1.54) is 0 Å². The Labute approximate surface area is 95.2 Å². The number of hydrogen-bond donors (Lipinski definition) is 2. The number of piperidine rings is 1. The molecule has 0 aliphatic carbocycles. The van der Waals surface area contributed by atoms with Gasteiger partial charge in [-0.25, -0.2) is 0 Å². The van der Waals surface area contributed by atoms with E-state index in [0.29, 0.717) is 6.54 Å². The van der Waals surface area contributed by atoms with Gasteiger partial charge in [0.25, 0.3) is 0 Å². The number of amides is 1. The average molecular weight is 222 g/mol. The summed E-state index contributed by atoms with van der Waals surface area (Å²) in [4.78, 5) is 12.2. The standard InChI is InChI=1S/C11H18N4O/c1-2-13-10(16)11(4-7-12-8-5-11)15-9-3-6-14-15/h3,6,9,12H,2,4-5,7-8H2,1H3,(H,13,16). The van der Waals surface area contributed by atoms with Gasteiger partial charge >= 0.3 is 0 Å². The largest absolute Gasteiger partial charge is 0.354 e. The zero-order valence-electron chi connectivity index (χ0n) is 9.57. The van der Waals surface area contributed by atoms with Crippen LogP contribution in [-0.4, -0.2) is 35.3 Å².